The number of hydrogen-bond acceptors (Lipinski definition) is 6. The van der Waals surface area contributed by atoms with Crippen LogP contribution in [0.1, 0.15) is 0 Å². The molecular formula is O6Sb4. The first-order valence-electron chi connectivity index (χ1n) is 2.19. The van der Waals surface area contributed by atoms with Crippen LogP contribution in [0.15, 0.2) is 0 Å². The topological polar surface area (TPSA) is 55.4 Å². The molecule has 0 aliphatic carbocycles. The van der Waals surface area contributed by atoms with Crippen molar-refractivity contribution in [3.05, 3.63) is 0 Å². The second kappa shape index (κ2) is 3.31. The van der Waals surface area contributed by atoms with Gasteiger partial charge in [0.25, 0.3) is 0 Å². The summed E-state index contributed by atoms with van der Waals surface area (Å²) in [5.74, 6) is 0. The molecule has 4 fully saturated rings. The molecule has 56 valence electrons. The third kappa shape index (κ3) is 1.52. The minimum atomic E-state index is -2.12. The molecule has 0 N–H and O–H groups in total. The van der Waals surface area contributed by atoms with Crippen LogP contribution in [-0.2, 0) is 7.76 Å². The Hall–Kier alpha value is 3.03. The van der Waals surface area contributed by atoms with E-state index in [0.29, 0.717) is 0 Å². The number of rotatable bonds is 0. The van der Waals surface area contributed by atoms with E-state index in [9.17, 15) is 0 Å². The minimum absolute atomic E-state index is 2.12. The van der Waals surface area contributed by atoms with Crippen LogP contribution in [0.5, 0.6) is 0 Å². The van der Waals surface area contributed by atoms with E-state index in [2.05, 4.69) is 0 Å². The summed E-state index contributed by atoms with van der Waals surface area (Å²) in [5.41, 5.74) is 0. The van der Waals surface area contributed by atoms with E-state index in [4.69, 9.17) is 7.76 Å². The molecule has 0 amide bonds. The maximum atomic E-state index is 5.31. The summed E-state index contributed by atoms with van der Waals surface area (Å²) in [6.45, 7) is 0. The van der Waals surface area contributed by atoms with Crippen LogP contribution < -0.4 is 0 Å². The van der Waals surface area contributed by atoms with Gasteiger partial charge < -0.3 is 0 Å². The maximum absolute atomic E-state index is 5.31. The molecule has 4 bridgehead atoms. The molecule has 0 radical (unpaired) electrons. The molecule has 0 spiro atoms. The van der Waals surface area contributed by atoms with Crippen LogP contribution in [0.25, 0.3) is 0 Å². The summed E-state index contributed by atoms with van der Waals surface area (Å²) in [5, 5.41) is 0. The SMILES string of the molecule is [O]1[Sb]2[O][Sb]3[O][Sb]1[O][Sb]([O]2)[O]3. The Labute approximate surface area is 91.6 Å². The van der Waals surface area contributed by atoms with Gasteiger partial charge in [-0.2, -0.15) is 0 Å². The van der Waals surface area contributed by atoms with Crippen molar-refractivity contribution in [2.75, 3.05) is 0 Å². The summed E-state index contributed by atoms with van der Waals surface area (Å²) in [6, 6.07) is 0. The van der Waals surface area contributed by atoms with Gasteiger partial charge in [-0.15, -0.1) is 0 Å². The molecule has 4 heterocycles. The van der Waals surface area contributed by atoms with E-state index < -0.39 is 85.9 Å². The Morgan fingerprint density at radius 1 is 0.400 bits per heavy atom. The molecule has 4 aliphatic heterocycles. The van der Waals surface area contributed by atoms with Crippen LogP contribution >= 0.6 is 0 Å². The van der Waals surface area contributed by atoms with Gasteiger partial charge in [0.15, 0.2) is 0 Å². The Kier molecular flexibility index (Phi) is 2.76. The van der Waals surface area contributed by atoms with Crippen LogP contribution in [0.4, 0.5) is 0 Å². The molecule has 10 heavy (non-hydrogen) atoms. The predicted molar refractivity (Wildman–Crippen MR) is 29.5 cm³/mol. The van der Waals surface area contributed by atoms with Crippen molar-refractivity contribution in [3.63, 3.8) is 0 Å². The molecule has 0 atom stereocenters. The van der Waals surface area contributed by atoms with Crippen molar-refractivity contribution in [2.45, 2.75) is 0 Å². The normalized spacial score (nSPS) is 36.0. The third-order valence-electron chi connectivity index (χ3n) is 0.800. The summed E-state index contributed by atoms with van der Waals surface area (Å²) in [7, 11) is 0. The van der Waals surface area contributed by atoms with Crippen LogP contribution in [0.2, 0.25) is 0 Å². The molecule has 6 nitrogen and oxygen atoms in total. The fourth-order valence-corrected chi connectivity index (χ4v) is 68.7. The van der Waals surface area contributed by atoms with E-state index in [0.717, 1.165) is 0 Å². The zero-order chi connectivity index (χ0) is 6.55. The van der Waals surface area contributed by atoms with Gasteiger partial charge in [-0.25, -0.2) is 0 Å². The monoisotopic (exact) mass is 580 g/mol. The summed E-state index contributed by atoms with van der Waals surface area (Å²) < 4.78 is 31.9. The van der Waals surface area contributed by atoms with E-state index in [1.807, 2.05) is 0 Å². The van der Waals surface area contributed by atoms with E-state index in [-0.39, 0.29) is 0 Å². The summed E-state index contributed by atoms with van der Waals surface area (Å²) in [4.78, 5) is 0. The van der Waals surface area contributed by atoms with Crippen molar-refractivity contribution in [1.29, 1.82) is 0 Å². The van der Waals surface area contributed by atoms with E-state index in [1.165, 1.54) is 0 Å². The first-order valence-corrected chi connectivity index (χ1v) is 14.7. The van der Waals surface area contributed by atoms with Gasteiger partial charge >= 0.3 is 93.6 Å². The Morgan fingerprint density at radius 3 is 0.800 bits per heavy atom. The molecular weight excluding hydrogens is 583 g/mol. The van der Waals surface area contributed by atoms with Crippen molar-refractivity contribution >= 4 is 85.9 Å². The average Bonchev–Trinajstić information content (AvgIpc) is 1.82. The fraction of sp³-hybridized carbons (Fsp3) is 0. The molecule has 0 aromatic rings. The average molecular weight is 583 g/mol. The molecule has 10 heteroatoms. The van der Waals surface area contributed by atoms with Gasteiger partial charge in [-0.1, -0.05) is 0 Å². The molecule has 0 unspecified atom stereocenters. The quantitative estimate of drug-likeness (QED) is 0.310. The zero-order valence-corrected chi connectivity index (χ0v) is 14.4. The molecule has 0 aromatic heterocycles. The Balaban J connectivity index is 1.90. The van der Waals surface area contributed by atoms with Gasteiger partial charge in [0, 0.05) is 0 Å². The second-order valence-corrected chi connectivity index (χ2v) is 28.0. The van der Waals surface area contributed by atoms with Crippen molar-refractivity contribution < 1.29 is 7.76 Å². The fourth-order valence-electron chi connectivity index (χ4n) is 0.505. The van der Waals surface area contributed by atoms with Gasteiger partial charge in [0.1, 0.15) is 0 Å². The zero-order valence-electron chi connectivity index (χ0n) is 4.24. The van der Waals surface area contributed by atoms with E-state index in [1.54, 1.807) is 0 Å². The molecule has 4 aliphatic rings. The van der Waals surface area contributed by atoms with Crippen molar-refractivity contribution in [2.24, 2.45) is 0 Å². The summed E-state index contributed by atoms with van der Waals surface area (Å²) >= 11 is -8.48. The summed E-state index contributed by atoms with van der Waals surface area (Å²) in [6.07, 6.45) is 0. The van der Waals surface area contributed by atoms with Gasteiger partial charge in [-0.05, 0) is 0 Å². The first-order chi connectivity index (χ1) is 4.90. The van der Waals surface area contributed by atoms with Gasteiger partial charge in [0.05, 0.1) is 0 Å². The van der Waals surface area contributed by atoms with Gasteiger partial charge in [0.2, 0.25) is 0 Å². The number of hydrogen-bond donors (Lipinski definition) is 0. The molecule has 4 rings (SSSR count). The molecule has 0 aromatic carbocycles. The Morgan fingerprint density at radius 2 is 0.600 bits per heavy atom. The van der Waals surface area contributed by atoms with Crippen LogP contribution in [-0.4, -0.2) is 85.9 Å². The Bertz CT molecular complexity index is 101. The van der Waals surface area contributed by atoms with Crippen LogP contribution in [0.3, 0.4) is 0 Å². The molecule has 0 saturated carbocycles. The van der Waals surface area contributed by atoms with Crippen molar-refractivity contribution in [1.82, 2.24) is 0 Å². The standard InChI is InChI=1S/6O.4Sb. The molecule has 4 saturated heterocycles. The first kappa shape index (κ1) is 8.35. The van der Waals surface area contributed by atoms with E-state index >= 15 is 0 Å². The van der Waals surface area contributed by atoms with Crippen molar-refractivity contribution in [3.8, 4) is 0 Å². The van der Waals surface area contributed by atoms with Crippen LogP contribution in [0, 0.1) is 0 Å². The predicted octanol–water partition coefficient (Wildman–Crippen LogP) is -1.93. The van der Waals surface area contributed by atoms with Gasteiger partial charge in [-0.3, -0.25) is 0 Å². The second-order valence-electron chi connectivity index (χ2n) is 1.38. The third-order valence-corrected chi connectivity index (χ3v) is 36.0.